The van der Waals surface area contributed by atoms with Crippen molar-refractivity contribution < 1.29 is 9.90 Å². The molecule has 0 aliphatic carbocycles. The number of carboxylic acids is 1. The van der Waals surface area contributed by atoms with Gasteiger partial charge in [-0.1, -0.05) is 6.07 Å². The van der Waals surface area contributed by atoms with Gasteiger partial charge in [0.2, 0.25) is 0 Å². The second kappa shape index (κ2) is 6.35. The minimum absolute atomic E-state index is 0.218. The number of hydrogen-bond donors (Lipinski definition) is 1. The van der Waals surface area contributed by atoms with E-state index in [1.165, 1.54) is 6.20 Å². The molecule has 2 aromatic rings. The first-order valence-corrected chi connectivity index (χ1v) is 6.88. The van der Waals surface area contributed by atoms with Crippen LogP contribution in [0, 0.1) is 13.8 Å². The summed E-state index contributed by atoms with van der Waals surface area (Å²) in [4.78, 5) is 21.9. The summed E-state index contributed by atoms with van der Waals surface area (Å²) in [5.74, 6) is -0.965. The van der Waals surface area contributed by atoms with Crippen LogP contribution in [0.15, 0.2) is 30.5 Å². The van der Waals surface area contributed by atoms with Gasteiger partial charge in [-0.3, -0.25) is 9.97 Å². The molecule has 1 N–H and O–H groups in total. The molecule has 0 unspecified atom stereocenters. The molecule has 0 aliphatic heterocycles. The van der Waals surface area contributed by atoms with E-state index in [9.17, 15) is 9.90 Å². The van der Waals surface area contributed by atoms with E-state index in [1.54, 1.807) is 0 Å². The van der Waals surface area contributed by atoms with Crippen molar-refractivity contribution in [3.05, 3.63) is 53.1 Å². The van der Waals surface area contributed by atoms with Gasteiger partial charge in [0, 0.05) is 24.1 Å². The SMILES string of the molecule is CCN(Cc1cccc(C)n1)c1cc(C)ncc1C(=O)O. The maximum absolute atomic E-state index is 11.4. The number of carboxylic acid groups (broad SMARTS) is 1. The van der Waals surface area contributed by atoms with Gasteiger partial charge in [0.25, 0.3) is 0 Å². The lowest BCUT2D eigenvalue weighted by Crippen LogP contribution is -2.25. The molecule has 0 saturated heterocycles. The first kappa shape index (κ1) is 15.0. The summed E-state index contributed by atoms with van der Waals surface area (Å²) in [5, 5.41) is 9.33. The van der Waals surface area contributed by atoms with Crippen molar-refractivity contribution in [2.24, 2.45) is 0 Å². The smallest absolute Gasteiger partial charge is 0.339 e. The Morgan fingerprint density at radius 1 is 1.29 bits per heavy atom. The standard InChI is InChI=1S/C16H19N3O2/c1-4-19(10-13-7-5-6-11(2)18-13)15-8-12(3)17-9-14(15)16(20)21/h5-9H,4,10H2,1-3H3,(H,20,21). The van der Waals surface area contributed by atoms with E-state index in [2.05, 4.69) is 9.97 Å². The Morgan fingerprint density at radius 3 is 2.67 bits per heavy atom. The summed E-state index contributed by atoms with van der Waals surface area (Å²) in [7, 11) is 0. The van der Waals surface area contributed by atoms with Gasteiger partial charge in [0.05, 0.1) is 17.9 Å². The molecule has 0 bridgehead atoms. The Balaban J connectivity index is 2.37. The van der Waals surface area contributed by atoms with Crippen LogP contribution < -0.4 is 4.90 Å². The second-order valence-corrected chi connectivity index (χ2v) is 4.93. The Morgan fingerprint density at radius 2 is 2.05 bits per heavy atom. The molecule has 0 amide bonds. The zero-order valence-corrected chi connectivity index (χ0v) is 12.5. The van der Waals surface area contributed by atoms with Gasteiger partial charge < -0.3 is 10.0 Å². The van der Waals surface area contributed by atoms with Crippen LogP contribution in [0.1, 0.15) is 34.4 Å². The molecule has 2 heterocycles. The van der Waals surface area contributed by atoms with E-state index < -0.39 is 5.97 Å². The first-order chi connectivity index (χ1) is 10.0. The van der Waals surface area contributed by atoms with Gasteiger partial charge in [-0.05, 0) is 39.0 Å². The highest BCUT2D eigenvalue weighted by Crippen LogP contribution is 2.22. The number of rotatable bonds is 5. The first-order valence-electron chi connectivity index (χ1n) is 6.88. The number of carbonyl (C=O) groups is 1. The highest BCUT2D eigenvalue weighted by atomic mass is 16.4. The Hall–Kier alpha value is -2.43. The zero-order chi connectivity index (χ0) is 15.4. The molecule has 0 saturated carbocycles. The number of aryl methyl sites for hydroxylation is 2. The normalized spacial score (nSPS) is 10.4. The molecule has 0 aliphatic rings. The maximum atomic E-state index is 11.4. The molecule has 5 heteroatoms. The summed E-state index contributed by atoms with van der Waals surface area (Å²) in [6, 6.07) is 7.66. The fraction of sp³-hybridized carbons (Fsp3) is 0.312. The predicted octanol–water partition coefficient (Wildman–Crippen LogP) is 2.82. The van der Waals surface area contributed by atoms with Crippen LogP contribution in [-0.4, -0.2) is 27.6 Å². The average Bonchev–Trinajstić information content (AvgIpc) is 2.44. The summed E-state index contributed by atoms with van der Waals surface area (Å²) in [6.45, 7) is 7.06. The van der Waals surface area contributed by atoms with Gasteiger partial charge >= 0.3 is 5.97 Å². The number of pyridine rings is 2. The zero-order valence-electron chi connectivity index (χ0n) is 12.5. The largest absolute Gasteiger partial charge is 0.478 e. The van der Waals surface area contributed by atoms with Crippen LogP contribution in [-0.2, 0) is 6.54 Å². The van der Waals surface area contributed by atoms with Gasteiger partial charge in [0.15, 0.2) is 0 Å². The summed E-state index contributed by atoms with van der Waals surface area (Å²) >= 11 is 0. The van der Waals surface area contributed by atoms with E-state index in [4.69, 9.17) is 0 Å². The molecular formula is C16H19N3O2. The fourth-order valence-corrected chi connectivity index (χ4v) is 2.22. The Bertz CT molecular complexity index is 656. The summed E-state index contributed by atoms with van der Waals surface area (Å²) < 4.78 is 0. The quantitative estimate of drug-likeness (QED) is 0.915. The third-order valence-electron chi connectivity index (χ3n) is 3.27. The number of aromatic nitrogens is 2. The minimum Gasteiger partial charge on any atom is -0.478 e. The Kier molecular flexibility index (Phi) is 4.52. The van der Waals surface area contributed by atoms with Crippen LogP contribution in [0.3, 0.4) is 0 Å². The second-order valence-electron chi connectivity index (χ2n) is 4.93. The predicted molar refractivity (Wildman–Crippen MR) is 81.6 cm³/mol. The van der Waals surface area contributed by atoms with Crippen LogP contribution in [0.5, 0.6) is 0 Å². The molecule has 5 nitrogen and oxygen atoms in total. The van der Waals surface area contributed by atoms with Crippen LogP contribution in [0.25, 0.3) is 0 Å². The number of anilines is 1. The van der Waals surface area contributed by atoms with Crippen LogP contribution in [0.4, 0.5) is 5.69 Å². The lowest BCUT2D eigenvalue weighted by molar-refractivity contribution is 0.0697. The highest BCUT2D eigenvalue weighted by Gasteiger charge is 2.16. The minimum atomic E-state index is -0.965. The van der Waals surface area contributed by atoms with Crippen molar-refractivity contribution in [2.45, 2.75) is 27.3 Å². The lowest BCUT2D eigenvalue weighted by atomic mass is 10.1. The van der Waals surface area contributed by atoms with Crippen molar-refractivity contribution >= 4 is 11.7 Å². The van der Waals surface area contributed by atoms with E-state index >= 15 is 0 Å². The number of nitrogens with zero attached hydrogens (tertiary/aromatic N) is 3. The average molecular weight is 285 g/mol. The molecular weight excluding hydrogens is 266 g/mol. The van der Waals surface area contributed by atoms with E-state index in [-0.39, 0.29) is 5.56 Å². The fourth-order valence-electron chi connectivity index (χ4n) is 2.22. The number of aromatic carboxylic acids is 1. The molecule has 110 valence electrons. The third kappa shape index (κ3) is 3.56. The maximum Gasteiger partial charge on any atom is 0.339 e. The molecule has 2 aromatic heterocycles. The molecule has 0 atom stereocenters. The van der Waals surface area contributed by atoms with E-state index in [0.29, 0.717) is 18.8 Å². The van der Waals surface area contributed by atoms with Crippen molar-refractivity contribution in [1.29, 1.82) is 0 Å². The molecule has 0 fully saturated rings. The van der Waals surface area contributed by atoms with Gasteiger partial charge in [0.1, 0.15) is 5.56 Å². The lowest BCUT2D eigenvalue weighted by Gasteiger charge is -2.24. The van der Waals surface area contributed by atoms with Crippen molar-refractivity contribution in [3.63, 3.8) is 0 Å². The molecule has 2 rings (SSSR count). The van der Waals surface area contributed by atoms with Crippen molar-refractivity contribution in [3.8, 4) is 0 Å². The monoisotopic (exact) mass is 285 g/mol. The summed E-state index contributed by atoms with van der Waals surface area (Å²) in [5.41, 5.74) is 3.57. The van der Waals surface area contributed by atoms with Crippen molar-refractivity contribution in [2.75, 3.05) is 11.4 Å². The van der Waals surface area contributed by atoms with E-state index in [1.807, 2.05) is 49.9 Å². The topological polar surface area (TPSA) is 66.3 Å². The van der Waals surface area contributed by atoms with Gasteiger partial charge in [-0.25, -0.2) is 4.79 Å². The van der Waals surface area contributed by atoms with E-state index in [0.717, 1.165) is 17.1 Å². The molecule has 21 heavy (non-hydrogen) atoms. The van der Waals surface area contributed by atoms with Crippen molar-refractivity contribution in [1.82, 2.24) is 9.97 Å². The Labute approximate surface area is 124 Å². The van der Waals surface area contributed by atoms with Gasteiger partial charge in [-0.15, -0.1) is 0 Å². The van der Waals surface area contributed by atoms with Crippen LogP contribution in [0.2, 0.25) is 0 Å². The molecule has 0 aromatic carbocycles. The third-order valence-corrected chi connectivity index (χ3v) is 3.27. The number of hydrogen-bond acceptors (Lipinski definition) is 4. The molecule has 0 spiro atoms. The highest BCUT2D eigenvalue weighted by molar-refractivity contribution is 5.94. The van der Waals surface area contributed by atoms with Gasteiger partial charge in [-0.2, -0.15) is 0 Å². The summed E-state index contributed by atoms with van der Waals surface area (Å²) in [6.07, 6.45) is 1.42. The van der Waals surface area contributed by atoms with Crippen LogP contribution >= 0.6 is 0 Å². The molecule has 0 radical (unpaired) electrons.